The standard InChI is InChI=1S/C26H44O/c1-8-24(4,5)20-23(25(6,7)9-2)21-14-16-22(17-15-21)27-26(10-3)18-12-11-13-19-26/h14-17,23H,8-13,18-20H2,1-7H3. The maximum Gasteiger partial charge on any atom is 0.120 e. The van der Waals surface area contributed by atoms with Crippen LogP contribution in [0.1, 0.15) is 118 Å². The highest BCUT2D eigenvalue weighted by Crippen LogP contribution is 2.46. The van der Waals surface area contributed by atoms with Gasteiger partial charge in [-0.15, -0.1) is 0 Å². The summed E-state index contributed by atoms with van der Waals surface area (Å²) in [5.41, 5.74) is 2.24. The first-order valence-electron chi connectivity index (χ1n) is 11.5. The Bertz CT molecular complexity index is 560. The topological polar surface area (TPSA) is 9.23 Å². The molecule has 0 bridgehead atoms. The third kappa shape index (κ3) is 5.75. The minimum absolute atomic E-state index is 0.0755. The molecule has 1 atom stereocenters. The Balaban J connectivity index is 2.21. The molecule has 1 aliphatic rings. The summed E-state index contributed by atoms with van der Waals surface area (Å²) in [5, 5.41) is 0. The minimum atomic E-state index is 0.0755. The van der Waals surface area contributed by atoms with E-state index in [1.165, 1.54) is 56.9 Å². The fourth-order valence-corrected chi connectivity index (χ4v) is 4.53. The van der Waals surface area contributed by atoms with Gasteiger partial charge in [0.15, 0.2) is 0 Å². The van der Waals surface area contributed by atoms with Crippen molar-refractivity contribution in [2.45, 2.75) is 118 Å². The summed E-state index contributed by atoms with van der Waals surface area (Å²) in [5.74, 6) is 1.65. The van der Waals surface area contributed by atoms with Crippen molar-refractivity contribution in [1.29, 1.82) is 0 Å². The molecule has 154 valence electrons. The Kier molecular flexibility index (Phi) is 7.45. The molecule has 1 saturated carbocycles. The van der Waals surface area contributed by atoms with Gasteiger partial charge in [-0.25, -0.2) is 0 Å². The largest absolute Gasteiger partial charge is 0.487 e. The molecule has 27 heavy (non-hydrogen) atoms. The summed E-state index contributed by atoms with van der Waals surface area (Å²) in [6.07, 6.45) is 11.2. The highest BCUT2D eigenvalue weighted by molar-refractivity contribution is 5.31. The van der Waals surface area contributed by atoms with Crippen molar-refractivity contribution >= 4 is 0 Å². The molecule has 1 heteroatoms. The maximum atomic E-state index is 6.56. The van der Waals surface area contributed by atoms with Crippen LogP contribution in [-0.2, 0) is 0 Å². The first-order chi connectivity index (χ1) is 12.7. The van der Waals surface area contributed by atoms with Crippen molar-refractivity contribution in [3.63, 3.8) is 0 Å². The lowest BCUT2D eigenvalue weighted by atomic mass is 9.66. The van der Waals surface area contributed by atoms with Gasteiger partial charge < -0.3 is 4.74 Å². The summed E-state index contributed by atoms with van der Waals surface area (Å²) in [7, 11) is 0. The SMILES string of the molecule is CCC(C)(C)CC(c1ccc(OC2(CC)CCCCC2)cc1)C(C)(C)CC. The number of ether oxygens (including phenoxy) is 1. The van der Waals surface area contributed by atoms with Gasteiger partial charge in [0.25, 0.3) is 0 Å². The van der Waals surface area contributed by atoms with E-state index in [2.05, 4.69) is 72.7 Å². The predicted octanol–water partition coefficient (Wildman–Crippen LogP) is 8.52. The number of hydrogen-bond donors (Lipinski definition) is 0. The molecule has 0 saturated heterocycles. The van der Waals surface area contributed by atoms with Gasteiger partial charge in [-0.3, -0.25) is 0 Å². The molecule has 0 radical (unpaired) electrons. The van der Waals surface area contributed by atoms with E-state index < -0.39 is 0 Å². The monoisotopic (exact) mass is 372 g/mol. The van der Waals surface area contributed by atoms with Crippen LogP contribution >= 0.6 is 0 Å². The van der Waals surface area contributed by atoms with Crippen LogP contribution in [0.15, 0.2) is 24.3 Å². The van der Waals surface area contributed by atoms with E-state index >= 15 is 0 Å². The predicted molar refractivity (Wildman–Crippen MR) is 119 cm³/mol. The van der Waals surface area contributed by atoms with Crippen LogP contribution in [0, 0.1) is 10.8 Å². The van der Waals surface area contributed by atoms with E-state index in [1.54, 1.807) is 0 Å². The lowest BCUT2D eigenvalue weighted by Crippen LogP contribution is -2.37. The van der Waals surface area contributed by atoms with Crippen molar-refractivity contribution in [2.24, 2.45) is 10.8 Å². The van der Waals surface area contributed by atoms with Crippen molar-refractivity contribution in [2.75, 3.05) is 0 Å². The quantitative estimate of drug-likeness (QED) is 0.422. The van der Waals surface area contributed by atoms with Crippen molar-refractivity contribution in [1.82, 2.24) is 0 Å². The molecule has 1 nitrogen and oxygen atoms in total. The van der Waals surface area contributed by atoms with Crippen LogP contribution in [0.2, 0.25) is 0 Å². The van der Waals surface area contributed by atoms with Gasteiger partial charge in [0.2, 0.25) is 0 Å². The van der Waals surface area contributed by atoms with Crippen LogP contribution in [0.4, 0.5) is 0 Å². The first-order valence-corrected chi connectivity index (χ1v) is 11.5. The third-order valence-corrected chi connectivity index (χ3v) is 7.59. The zero-order chi connectivity index (χ0) is 20.1. The van der Waals surface area contributed by atoms with Crippen molar-refractivity contribution in [3.8, 4) is 5.75 Å². The van der Waals surface area contributed by atoms with Gasteiger partial charge in [-0.1, -0.05) is 79.9 Å². The van der Waals surface area contributed by atoms with Gasteiger partial charge in [0, 0.05) is 0 Å². The highest BCUT2D eigenvalue weighted by atomic mass is 16.5. The van der Waals surface area contributed by atoms with Crippen LogP contribution in [0.25, 0.3) is 0 Å². The van der Waals surface area contributed by atoms with E-state index in [-0.39, 0.29) is 5.60 Å². The number of rotatable bonds is 9. The molecule has 1 aromatic rings. The minimum Gasteiger partial charge on any atom is -0.487 e. The Morgan fingerprint density at radius 3 is 1.96 bits per heavy atom. The molecular weight excluding hydrogens is 328 g/mol. The average molecular weight is 373 g/mol. The van der Waals surface area contributed by atoms with Crippen molar-refractivity contribution in [3.05, 3.63) is 29.8 Å². The van der Waals surface area contributed by atoms with Gasteiger partial charge in [0.05, 0.1) is 0 Å². The van der Waals surface area contributed by atoms with Gasteiger partial charge >= 0.3 is 0 Å². The summed E-state index contributed by atoms with van der Waals surface area (Å²) in [4.78, 5) is 0. The Morgan fingerprint density at radius 1 is 0.889 bits per heavy atom. The molecule has 0 N–H and O–H groups in total. The second-order valence-corrected chi connectivity index (χ2v) is 10.4. The van der Waals surface area contributed by atoms with Crippen LogP contribution < -0.4 is 4.74 Å². The highest BCUT2D eigenvalue weighted by Gasteiger charge is 2.34. The van der Waals surface area contributed by atoms with Crippen molar-refractivity contribution < 1.29 is 4.74 Å². The molecule has 0 aliphatic heterocycles. The van der Waals surface area contributed by atoms with E-state index in [0.29, 0.717) is 16.7 Å². The second-order valence-electron chi connectivity index (χ2n) is 10.4. The Morgan fingerprint density at radius 2 is 1.48 bits per heavy atom. The molecule has 1 fully saturated rings. The summed E-state index contributed by atoms with van der Waals surface area (Å²) < 4.78 is 6.56. The normalized spacial score (nSPS) is 18.9. The molecule has 0 spiro atoms. The van der Waals surface area contributed by atoms with Gasteiger partial charge in [-0.2, -0.15) is 0 Å². The fourth-order valence-electron chi connectivity index (χ4n) is 4.53. The lowest BCUT2D eigenvalue weighted by Gasteiger charge is -2.39. The second kappa shape index (κ2) is 9.01. The maximum absolute atomic E-state index is 6.56. The van der Waals surface area contributed by atoms with E-state index in [4.69, 9.17) is 4.74 Å². The Labute approximate surface area is 169 Å². The van der Waals surface area contributed by atoms with E-state index in [0.717, 1.165) is 12.2 Å². The van der Waals surface area contributed by atoms with Crippen LogP contribution in [0.5, 0.6) is 5.75 Å². The van der Waals surface area contributed by atoms with Crippen LogP contribution in [0.3, 0.4) is 0 Å². The molecule has 0 aromatic heterocycles. The number of benzene rings is 1. The lowest BCUT2D eigenvalue weighted by molar-refractivity contribution is 0.0265. The smallest absolute Gasteiger partial charge is 0.120 e. The molecule has 1 aromatic carbocycles. The summed E-state index contributed by atoms with van der Waals surface area (Å²) in [6, 6.07) is 9.16. The summed E-state index contributed by atoms with van der Waals surface area (Å²) in [6.45, 7) is 16.6. The molecule has 2 rings (SSSR count). The third-order valence-electron chi connectivity index (χ3n) is 7.59. The van der Waals surface area contributed by atoms with E-state index in [9.17, 15) is 0 Å². The fraction of sp³-hybridized carbons (Fsp3) is 0.769. The Hall–Kier alpha value is -0.980. The van der Waals surface area contributed by atoms with E-state index in [1.807, 2.05) is 0 Å². The summed E-state index contributed by atoms with van der Waals surface area (Å²) >= 11 is 0. The number of hydrogen-bond acceptors (Lipinski definition) is 1. The molecule has 1 aliphatic carbocycles. The average Bonchev–Trinajstić information content (AvgIpc) is 2.67. The molecule has 0 amide bonds. The zero-order valence-corrected chi connectivity index (χ0v) is 19.2. The zero-order valence-electron chi connectivity index (χ0n) is 19.2. The molecule has 1 unspecified atom stereocenters. The van der Waals surface area contributed by atoms with Gasteiger partial charge in [-0.05, 0) is 73.0 Å². The molecule has 0 heterocycles. The van der Waals surface area contributed by atoms with Gasteiger partial charge in [0.1, 0.15) is 11.4 Å². The first kappa shape index (κ1) is 22.3. The molecular formula is C26H44O. The van der Waals surface area contributed by atoms with Crippen LogP contribution in [-0.4, -0.2) is 5.60 Å².